The van der Waals surface area contributed by atoms with Crippen LogP contribution in [0.1, 0.15) is 45.6 Å². The summed E-state index contributed by atoms with van der Waals surface area (Å²) in [5.41, 5.74) is 1.20. The molecule has 4 saturated heterocycles. The van der Waals surface area contributed by atoms with Gasteiger partial charge in [-0.3, -0.25) is 14.5 Å². The van der Waals surface area contributed by atoms with Crippen LogP contribution in [-0.4, -0.2) is 107 Å². The van der Waals surface area contributed by atoms with E-state index in [0.29, 0.717) is 40.1 Å². The van der Waals surface area contributed by atoms with E-state index in [1.807, 2.05) is 26.8 Å². The number of nitrogens with zero attached hydrogens (tertiary/aromatic N) is 7. The molecule has 1 aromatic carbocycles. The highest BCUT2D eigenvalue weighted by Crippen LogP contribution is 2.51. The second kappa shape index (κ2) is 11.1. The molecule has 2 bridgehead atoms. The molecule has 13 heteroatoms. The van der Waals surface area contributed by atoms with Crippen LogP contribution < -0.4 is 4.90 Å². The van der Waals surface area contributed by atoms with E-state index in [4.69, 9.17) is 14.7 Å². The van der Waals surface area contributed by atoms with E-state index in [9.17, 15) is 9.59 Å². The normalized spacial score (nSPS) is 23.7. The number of imidazole rings is 1. The quantitative estimate of drug-likeness (QED) is 0.199. The molecule has 0 N–H and O–H groups in total. The SMILES string of the molecule is CN(C)C(=O)CCc1nc2c(N3CC(N(C)C)C3)nc3c(F)c(Br)c(I)cc3c2n1C1C2CC(C(=O)OC(C)(C)C)N1C2. The number of likely N-dealkylation sites (N-methyl/N-ethyl adjacent to an activating group) is 1. The molecule has 1 amide bonds. The lowest BCUT2D eigenvalue weighted by Gasteiger charge is -2.44. The first-order chi connectivity index (χ1) is 20.2. The fraction of sp³-hybridized carbons (Fsp3) is 0.600. The standard InChI is InChI=1S/C30H38BrFIN7O3/c1-30(2,3)43-29(42)19-10-15-12-39(19)28(15)40-20(8-9-21(41)37(6)7)34-25-26(40)17-11-18(33)22(31)23(32)24(17)35-27(25)38-13-16(14-38)36(4)5/h11,15-16,19,28H,8-10,12-14H2,1-7H3. The lowest BCUT2D eigenvalue weighted by Crippen LogP contribution is -2.57. The van der Waals surface area contributed by atoms with Crippen LogP contribution in [0.15, 0.2) is 10.5 Å². The third-order valence-corrected chi connectivity index (χ3v) is 11.2. The highest BCUT2D eigenvalue weighted by Gasteiger charge is 2.56. The second-order valence-corrected chi connectivity index (χ2v) is 15.3. The Morgan fingerprint density at radius 1 is 1.14 bits per heavy atom. The summed E-state index contributed by atoms with van der Waals surface area (Å²) in [6.07, 6.45) is 1.23. The van der Waals surface area contributed by atoms with Crippen molar-refractivity contribution in [1.29, 1.82) is 0 Å². The topological polar surface area (TPSA) is 87.0 Å². The molecule has 43 heavy (non-hydrogen) atoms. The number of rotatable bonds is 7. The van der Waals surface area contributed by atoms with Crippen LogP contribution in [0.4, 0.5) is 10.2 Å². The van der Waals surface area contributed by atoms with Crippen molar-refractivity contribution in [3.05, 3.63) is 25.8 Å². The van der Waals surface area contributed by atoms with Crippen LogP contribution >= 0.6 is 38.5 Å². The number of aromatic nitrogens is 3. The van der Waals surface area contributed by atoms with Gasteiger partial charge in [-0.25, -0.2) is 14.4 Å². The molecule has 4 unspecified atom stereocenters. The van der Waals surface area contributed by atoms with Crippen molar-refractivity contribution in [1.82, 2.24) is 29.2 Å². The van der Waals surface area contributed by atoms with Crippen molar-refractivity contribution in [2.75, 3.05) is 52.7 Å². The van der Waals surface area contributed by atoms with Crippen molar-refractivity contribution in [3.63, 3.8) is 0 Å². The Hall–Kier alpha value is -2.10. The van der Waals surface area contributed by atoms with E-state index >= 15 is 4.39 Å². The third-order valence-electron chi connectivity index (χ3n) is 8.84. The van der Waals surface area contributed by atoms with Crippen molar-refractivity contribution < 1.29 is 18.7 Å². The Morgan fingerprint density at radius 3 is 2.47 bits per heavy atom. The van der Waals surface area contributed by atoms with Gasteiger partial charge in [0.05, 0.1) is 16.2 Å². The number of benzene rings is 1. The minimum Gasteiger partial charge on any atom is -0.459 e. The number of halogens is 3. The molecular weight excluding hydrogens is 732 g/mol. The molecule has 4 atom stereocenters. The van der Waals surface area contributed by atoms with Gasteiger partial charge in [0.15, 0.2) is 11.6 Å². The van der Waals surface area contributed by atoms with Gasteiger partial charge in [-0.05, 0) is 85.9 Å². The Balaban J connectivity index is 1.54. The third kappa shape index (κ3) is 5.31. The Bertz CT molecular complexity index is 1630. The van der Waals surface area contributed by atoms with Gasteiger partial charge < -0.3 is 24.0 Å². The molecule has 10 nitrogen and oxygen atoms in total. The van der Waals surface area contributed by atoms with Gasteiger partial charge in [0.1, 0.15) is 28.5 Å². The molecule has 2 aromatic heterocycles. The zero-order valence-electron chi connectivity index (χ0n) is 25.6. The minimum absolute atomic E-state index is 0.00595. The van der Waals surface area contributed by atoms with Gasteiger partial charge >= 0.3 is 5.97 Å². The lowest BCUT2D eigenvalue weighted by molar-refractivity contribution is -0.161. The van der Waals surface area contributed by atoms with E-state index < -0.39 is 11.4 Å². The fourth-order valence-electron chi connectivity index (χ4n) is 6.50. The number of amides is 1. The average Bonchev–Trinajstić information content (AvgIpc) is 3.57. The summed E-state index contributed by atoms with van der Waals surface area (Å²) in [5.74, 6) is 0.969. The molecule has 0 spiro atoms. The highest BCUT2D eigenvalue weighted by atomic mass is 127. The summed E-state index contributed by atoms with van der Waals surface area (Å²) in [6, 6.07) is 1.95. The Labute approximate surface area is 273 Å². The zero-order valence-corrected chi connectivity index (χ0v) is 29.4. The van der Waals surface area contributed by atoms with Crippen molar-refractivity contribution in [2.24, 2.45) is 5.92 Å². The zero-order chi connectivity index (χ0) is 31.1. The van der Waals surface area contributed by atoms with Gasteiger partial charge in [0, 0.05) is 67.5 Å². The predicted octanol–water partition coefficient (Wildman–Crippen LogP) is 4.41. The summed E-state index contributed by atoms with van der Waals surface area (Å²) < 4.78 is 25.0. The number of fused-ring (bicyclic) bond motifs is 4. The van der Waals surface area contributed by atoms with Gasteiger partial charge in [-0.1, -0.05) is 0 Å². The van der Waals surface area contributed by atoms with Crippen LogP contribution in [0, 0.1) is 15.3 Å². The largest absolute Gasteiger partial charge is 0.459 e. The van der Waals surface area contributed by atoms with Crippen LogP contribution in [0.3, 0.4) is 0 Å². The van der Waals surface area contributed by atoms with E-state index in [1.165, 1.54) is 0 Å². The first-order valence-electron chi connectivity index (χ1n) is 14.6. The molecule has 7 rings (SSSR count). The number of carbonyl (C=O) groups is 2. The summed E-state index contributed by atoms with van der Waals surface area (Å²) in [4.78, 5) is 44.1. The number of carbonyl (C=O) groups excluding carboxylic acids is 2. The molecule has 0 aliphatic carbocycles. The Morgan fingerprint density at radius 2 is 1.84 bits per heavy atom. The summed E-state index contributed by atoms with van der Waals surface area (Å²) >= 11 is 5.56. The second-order valence-electron chi connectivity index (χ2n) is 13.4. The van der Waals surface area contributed by atoms with E-state index in [0.717, 1.165) is 34.5 Å². The monoisotopic (exact) mass is 769 g/mol. The smallest absolute Gasteiger partial charge is 0.323 e. The molecule has 232 valence electrons. The highest BCUT2D eigenvalue weighted by molar-refractivity contribution is 14.1. The maximum atomic E-state index is 15.9. The fourth-order valence-corrected chi connectivity index (χ4v) is 7.35. The van der Waals surface area contributed by atoms with Crippen LogP contribution in [-0.2, 0) is 20.7 Å². The molecule has 4 aliphatic rings. The number of anilines is 1. The molecule has 0 radical (unpaired) electrons. The van der Waals surface area contributed by atoms with Crippen LogP contribution in [0.2, 0.25) is 0 Å². The number of hydrogen-bond acceptors (Lipinski definition) is 8. The van der Waals surface area contributed by atoms with E-state index in [1.54, 1.807) is 19.0 Å². The minimum atomic E-state index is -0.583. The van der Waals surface area contributed by atoms with Crippen molar-refractivity contribution >= 4 is 78.2 Å². The lowest BCUT2D eigenvalue weighted by atomic mass is 9.99. The number of hydrogen-bond donors (Lipinski definition) is 0. The molecule has 6 heterocycles. The molecule has 0 saturated carbocycles. The van der Waals surface area contributed by atoms with Crippen LogP contribution in [0.25, 0.3) is 21.9 Å². The Kier molecular flexibility index (Phi) is 7.95. The molecule has 4 aliphatic heterocycles. The van der Waals surface area contributed by atoms with Gasteiger partial charge in [-0.15, -0.1) is 0 Å². The first-order valence-corrected chi connectivity index (χ1v) is 16.5. The maximum Gasteiger partial charge on any atom is 0.323 e. The number of pyridine rings is 1. The number of esters is 1. The van der Waals surface area contributed by atoms with Crippen molar-refractivity contribution in [2.45, 2.75) is 63.9 Å². The number of aryl methyl sites for hydroxylation is 1. The molecule has 4 fully saturated rings. The van der Waals surface area contributed by atoms with Crippen molar-refractivity contribution in [3.8, 4) is 0 Å². The first kappa shape index (κ1) is 30.9. The molecule has 3 aromatic rings. The van der Waals surface area contributed by atoms with E-state index in [-0.39, 0.29) is 41.9 Å². The predicted molar refractivity (Wildman–Crippen MR) is 176 cm³/mol. The average molecular weight is 770 g/mol. The van der Waals surface area contributed by atoms with Gasteiger partial charge in [0.25, 0.3) is 0 Å². The van der Waals surface area contributed by atoms with E-state index in [2.05, 4.69) is 71.9 Å². The van der Waals surface area contributed by atoms with Crippen LogP contribution in [0.5, 0.6) is 0 Å². The maximum absolute atomic E-state index is 15.9. The summed E-state index contributed by atoms with van der Waals surface area (Å²) in [7, 11) is 7.61. The van der Waals surface area contributed by atoms with Gasteiger partial charge in [-0.2, -0.15) is 0 Å². The molecular formula is C30H38BrFIN7O3. The van der Waals surface area contributed by atoms with Gasteiger partial charge in [0.2, 0.25) is 5.91 Å². The summed E-state index contributed by atoms with van der Waals surface area (Å²) in [6.45, 7) is 7.93. The number of ether oxygens (including phenoxy) is 1. The summed E-state index contributed by atoms with van der Waals surface area (Å²) in [5, 5.41) is 0.674.